The van der Waals surface area contributed by atoms with Crippen LogP contribution in [0.25, 0.3) is 6.08 Å². The lowest BCUT2D eigenvalue weighted by Crippen LogP contribution is -2.04. The average Bonchev–Trinajstić information content (AvgIpc) is 3.01. The highest BCUT2D eigenvalue weighted by Crippen LogP contribution is 2.26. The number of ether oxygens (including phenoxy) is 1. The first-order valence-electron chi connectivity index (χ1n) is 7.38. The number of hydrogen-bond acceptors (Lipinski definition) is 4. The van der Waals surface area contributed by atoms with Crippen molar-refractivity contribution < 1.29 is 14.5 Å². The van der Waals surface area contributed by atoms with Gasteiger partial charge < -0.3 is 4.74 Å². The zero-order valence-corrected chi connectivity index (χ0v) is 12.4. The third kappa shape index (κ3) is 3.63. The van der Waals surface area contributed by atoms with Gasteiger partial charge in [-0.2, -0.15) is 0 Å². The molecule has 0 N–H and O–H groups in total. The summed E-state index contributed by atoms with van der Waals surface area (Å²) in [6.45, 7) is 0. The fourth-order valence-electron chi connectivity index (χ4n) is 2.67. The van der Waals surface area contributed by atoms with E-state index in [1.165, 1.54) is 35.4 Å². The summed E-state index contributed by atoms with van der Waals surface area (Å²) in [6.07, 6.45) is 6.01. The lowest BCUT2D eigenvalue weighted by Gasteiger charge is -2.04. The van der Waals surface area contributed by atoms with Gasteiger partial charge in [-0.3, -0.25) is 10.1 Å². The van der Waals surface area contributed by atoms with Gasteiger partial charge in [0.2, 0.25) is 0 Å². The molecule has 0 spiro atoms. The SMILES string of the molecule is O=C(/C=C/c1cccc([N+](=O)[O-])c1)Oc1ccc2c(c1)CCC2. The monoisotopic (exact) mass is 309 g/mol. The summed E-state index contributed by atoms with van der Waals surface area (Å²) in [6, 6.07) is 11.8. The second kappa shape index (κ2) is 6.44. The minimum atomic E-state index is -0.505. The average molecular weight is 309 g/mol. The van der Waals surface area contributed by atoms with Crippen molar-refractivity contribution in [1.82, 2.24) is 0 Å². The summed E-state index contributed by atoms with van der Waals surface area (Å²) in [5.74, 6) is 0.0220. The van der Waals surface area contributed by atoms with Crippen molar-refractivity contribution in [2.75, 3.05) is 0 Å². The van der Waals surface area contributed by atoms with Gasteiger partial charge in [0.15, 0.2) is 0 Å². The molecule has 1 aliphatic carbocycles. The summed E-state index contributed by atoms with van der Waals surface area (Å²) in [5.41, 5.74) is 3.11. The lowest BCUT2D eigenvalue weighted by molar-refractivity contribution is -0.384. The van der Waals surface area contributed by atoms with Crippen LogP contribution in [0.15, 0.2) is 48.5 Å². The summed E-state index contributed by atoms with van der Waals surface area (Å²) in [5, 5.41) is 10.7. The van der Waals surface area contributed by atoms with Crippen LogP contribution in [0.3, 0.4) is 0 Å². The maximum Gasteiger partial charge on any atom is 0.336 e. The van der Waals surface area contributed by atoms with E-state index >= 15 is 0 Å². The second-order valence-corrected chi connectivity index (χ2v) is 5.39. The predicted octanol–water partition coefficient (Wildman–Crippen LogP) is 3.70. The topological polar surface area (TPSA) is 69.4 Å². The van der Waals surface area contributed by atoms with Gasteiger partial charge in [0.25, 0.3) is 5.69 Å². The van der Waals surface area contributed by atoms with Crippen LogP contribution < -0.4 is 4.74 Å². The van der Waals surface area contributed by atoms with Crippen LogP contribution in [0.1, 0.15) is 23.1 Å². The summed E-state index contributed by atoms with van der Waals surface area (Å²) in [4.78, 5) is 22.1. The van der Waals surface area contributed by atoms with Gasteiger partial charge >= 0.3 is 5.97 Å². The van der Waals surface area contributed by atoms with E-state index in [0.717, 1.165) is 19.3 Å². The standard InChI is InChI=1S/C18H15NO4/c20-18(10-7-13-3-1-6-16(11-13)19(21)22)23-17-9-8-14-4-2-5-15(14)12-17/h1,3,6-12H,2,4-5H2/b10-7+. The number of rotatable bonds is 4. The van der Waals surface area contributed by atoms with E-state index in [2.05, 4.69) is 0 Å². The van der Waals surface area contributed by atoms with Crippen molar-refractivity contribution in [1.29, 1.82) is 0 Å². The molecule has 0 amide bonds. The maximum atomic E-state index is 11.9. The smallest absolute Gasteiger partial charge is 0.336 e. The van der Waals surface area contributed by atoms with Crippen molar-refractivity contribution >= 4 is 17.7 Å². The molecule has 5 nitrogen and oxygen atoms in total. The number of nitro benzene ring substituents is 1. The highest BCUT2D eigenvalue weighted by molar-refractivity contribution is 5.88. The van der Waals surface area contributed by atoms with E-state index in [0.29, 0.717) is 11.3 Å². The van der Waals surface area contributed by atoms with Gasteiger partial charge in [-0.1, -0.05) is 18.2 Å². The third-order valence-corrected chi connectivity index (χ3v) is 3.78. The molecular weight excluding hydrogens is 294 g/mol. The fourth-order valence-corrected chi connectivity index (χ4v) is 2.67. The molecule has 3 rings (SSSR count). The molecule has 0 saturated heterocycles. The Hall–Kier alpha value is -2.95. The number of carbonyl (C=O) groups is 1. The number of nitrogens with zero attached hydrogens (tertiary/aromatic N) is 1. The van der Waals surface area contributed by atoms with Gasteiger partial charge in [0.1, 0.15) is 5.75 Å². The molecule has 0 saturated carbocycles. The van der Waals surface area contributed by atoms with Crippen molar-refractivity contribution in [2.45, 2.75) is 19.3 Å². The number of aryl methyl sites for hydroxylation is 2. The Bertz CT molecular complexity index is 795. The van der Waals surface area contributed by atoms with Crippen LogP contribution in [-0.4, -0.2) is 10.9 Å². The normalized spacial score (nSPS) is 13.0. The van der Waals surface area contributed by atoms with Gasteiger partial charge in [0.05, 0.1) is 4.92 Å². The Labute approximate surface area is 133 Å². The molecule has 0 bridgehead atoms. The first-order valence-corrected chi connectivity index (χ1v) is 7.38. The second-order valence-electron chi connectivity index (χ2n) is 5.39. The molecule has 0 heterocycles. The van der Waals surface area contributed by atoms with Crippen molar-refractivity contribution in [3.8, 4) is 5.75 Å². The largest absolute Gasteiger partial charge is 0.423 e. The van der Waals surface area contributed by atoms with Gasteiger partial charge in [0, 0.05) is 18.2 Å². The highest BCUT2D eigenvalue weighted by atomic mass is 16.6. The van der Waals surface area contributed by atoms with E-state index in [-0.39, 0.29) is 5.69 Å². The minimum Gasteiger partial charge on any atom is -0.423 e. The molecule has 0 fully saturated rings. The van der Waals surface area contributed by atoms with E-state index in [1.807, 2.05) is 12.1 Å². The number of esters is 1. The van der Waals surface area contributed by atoms with E-state index in [1.54, 1.807) is 18.2 Å². The number of nitro groups is 1. The lowest BCUT2D eigenvalue weighted by atomic mass is 10.1. The van der Waals surface area contributed by atoms with Crippen molar-refractivity contribution in [3.05, 3.63) is 75.3 Å². The number of benzene rings is 2. The van der Waals surface area contributed by atoms with Crippen LogP contribution in [0, 0.1) is 10.1 Å². The minimum absolute atomic E-state index is 0.0147. The number of hydrogen-bond donors (Lipinski definition) is 0. The first-order chi connectivity index (χ1) is 11.1. The highest BCUT2D eigenvalue weighted by Gasteiger charge is 2.12. The number of fused-ring (bicyclic) bond motifs is 1. The van der Waals surface area contributed by atoms with E-state index in [4.69, 9.17) is 4.74 Å². The third-order valence-electron chi connectivity index (χ3n) is 3.78. The molecule has 5 heteroatoms. The Morgan fingerprint density at radius 2 is 1.96 bits per heavy atom. The molecule has 23 heavy (non-hydrogen) atoms. The number of non-ortho nitro benzene ring substituents is 1. The Morgan fingerprint density at radius 1 is 1.13 bits per heavy atom. The van der Waals surface area contributed by atoms with Crippen molar-refractivity contribution in [2.24, 2.45) is 0 Å². The fraction of sp³-hybridized carbons (Fsp3) is 0.167. The van der Waals surface area contributed by atoms with Crippen LogP contribution in [0.2, 0.25) is 0 Å². The Balaban J connectivity index is 1.67. The maximum absolute atomic E-state index is 11.9. The molecule has 1 aliphatic rings. The van der Waals surface area contributed by atoms with E-state index in [9.17, 15) is 14.9 Å². The summed E-state index contributed by atoms with van der Waals surface area (Å²) < 4.78 is 5.28. The van der Waals surface area contributed by atoms with Gasteiger partial charge in [-0.05, 0) is 54.2 Å². The molecule has 0 unspecified atom stereocenters. The zero-order chi connectivity index (χ0) is 16.2. The van der Waals surface area contributed by atoms with Crippen LogP contribution in [0.4, 0.5) is 5.69 Å². The molecule has 116 valence electrons. The molecule has 0 atom stereocenters. The van der Waals surface area contributed by atoms with Gasteiger partial charge in [-0.25, -0.2) is 4.79 Å². The predicted molar refractivity (Wildman–Crippen MR) is 86.2 cm³/mol. The molecule has 0 aromatic heterocycles. The van der Waals surface area contributed by atoms with Crippen LogP contribution >= 0.6 is 0 Å². The van der Waals surface area contributed by atoms with Crippen LogP contribution in [-0.2, 0) is 17.6 Å². The van der Waals surface area contributed by atoms with Crippen molar-refractivity contribution in [3.63, 3.8) is 0 Å². The molecule has 2 aromatic carbocycles. The van der Waals surface area contributed by atoms with Crippen LogP contribution in [0.5, 0.6) is 5.75 Å². The summed E-state index contributed by atoms with van der Waals surface area (Å²) >= 11 is 0. The first kappa shape index (κ1) is 15.0. The molecule has 0 radical (unpaired) electrons. The molecule has 2 aromatic rings. The summed E-state index contributed by atoms with van der Waals surface area (Å²) in [7, 11) is 0. The zero-order valence-electron chi connectivity index (χ0n) is 12.4. The van der Waals surface area contributed by atoms with E-state index < -0.39 is 10.9 Å². The number of carbonyl (C=O) groups excluding carboxylic acids is 1. The van der Waals surface area contributed by atoms with Gasteiger partial charge in [-0.15, -0.1) is 0 Å². The Morgan fingerprint density at radius 3 is 2.78 bits per heavy atom. The molecule has 0 aliphatic heterocycles. The Kier molecular flexibility index (Phi) is 4.19. The quantitative estimate of drug-likeness (QED) is 0.284. The molecular formula is C18H15NO4.